The molecule has 0 saturated carbocycles. The van der Waals surface area contributed by atoms with Gasteiger partial charge in [0, 0.05) is 4.67 Å². The van der Waals surface area contributed by atoms with Crippen molar-refractivity contribution in [3.63, 3.8) is 0 Å². The topological polar surface area (TPSA) is 78.9 Å². The zero-order valence-corrected chi connectivity index (χ0v) is 11.3. The van der Waals surface area contributed by atoms with Crippen LogP contribution in [0.4, 0.5) is 17.6 Å². The van der Waals surface area contributed by atoms with E-state index < -0.39 is 41.0 Å². The number of benzene rings is 1. The van der Waals surface area contributed by atoms with E-state index >= 15 is 0 Å². The minimum atomic E-state index is -5.24. The van der Waals surface area contributed by atoms with Crippen molar-refractivity contribution >= 4 is 18.1 Å². The molecule has 20 heavy (non-hydrogen) atoms. The maximum Gasteiger partial charge on any atom is 0.573 e. The molecule has 0 amide bonds. The molecule has 0 spiro atoms. The third-order valence-electron chi connectivity index (χ3n) is 1.63. The predicted molar refractivity (Wildman–Crippen MR) is 56.0 cm³/mol. The summed E-state index contributed by atoms with van der Waals surface area (Å²) in [5.41, 5.74) is 0. The van der Waals surface area contributed by atoms with Crippen LogP contribution in [-0.2, 0) is 23.7 Å². The van der Waals surface area contributed by atoms with Gasteiger partial charge in [-0.15, -0.1) is 13.2 Å². The molecule has 1 aromatic carbocycles. The minimum Gasteiger partial charge on any atom is -0.404 e. The first-order valence-corrected chi connectivity index (χ1v) is 7.62. The Morgan fingerprint density at radius 1 is 1.25 bits per heavy atom. The largest absolute Gasteiger partial charge is 0.573 e. The fourth-order valence-corrected chi connectivity index (χ4v) is 2.45. The van der Waals surface area contributed by atoms with Gasteiger partial charge in [-0.05, 0) is 16.7 Å². The van der Waals surface area contributed by atoms with Gasteiger partial charge in [-0.2, -0.15) is 8.42 Å². The highest BCUT2D eigenvalue weighted by Crippen LogP contribution is 2.33. The van der Waals surface area contributed by atoms with E-state index in [9.17, 15) is 30.5 Å². The molecule has 0 aliphatic rings. The zero-order chi connectivity index (χ0) is 15.6. The summed E-state index contributed by atoms with van der Waals surface area (Å²) in [4.78, 5) is -1.52. The second-order valence-electron chi connectivity index (χ2n) is 3.15. The van der Waals surface area contributed by atoms with Gasteiger partial charge in [0.2, 0.25) is 0 Å². The molecule has 0 aromatic heterocycles. The molecule has 112 valence electrons. The van der Waals surface area contributed by atoms with Gasteiger partial charge in [0.25, 0.3) is 0 Å². The summed E-state index contributed by atoms with van der Waals surface area (Å²) in [5, 5.41) is 0. The van der Waals surface area contributed by atoms with Gasteiger partial charge in [-0.25, -0.2) is 4.39 Å². The third-order valence-corrected chi connectivity index (χ3v) is 3.16. The Labute approximate surface area is 111 Å². The van der Waals surface area contributed by atoms with Crippen LogP contribution in [0.25, 0.3) is 0 Å². The van der Waals surface area contributed by atoms with Gasteiger partial charge >= 0.3 is 24.5 Å². The van der Waals surface area contributed by atoms with Crippen LogP contribution in [-0.4, -0.2) is 21.4 Å². The molecular weight excluding hydrogens is 331 g/mol. The van der Waals surface area contributed by atoms with E-state index in [1.54, 1.807) is 0 Å². The van der Waals surface area contributed by atoms with Crippen molar-refractivity contribution in [2.75, 3.05) is 6.66 Å². The van der Waals surface area contributed by atoms with Crippen molar-refractivity contribution in [3.05, 3.63) is 24.0 Å². The van der Waals surface area contributed by atoms with Crippen LogP contribution in [0, 0.1) is 5.82 Å². The molecule has 0 aliphatic heterocycles. The van der Waals surface area contributed by atoms with Crippen molar-refractivity contribution in [3.8, 4) is 5.75 Å². The van der Waals surface area contributed by atoms with Crippen molar-refractivity contribution in [1.29, 1.82) is 0 Å². The van der Waals surface area contributed by atoms with Crippen molar-refractivity contribution in [2.45, 2.75) is 11.3 Å². The summed E-state index contributed by atoms with van der Waals surface area (Å²) in [7, 11) is -7.63. The van der Waals surface area contributed by atoms with Gasteiger partial charge in [-0.3, -0.25) is 0 Å². The second-order valence-corrected chi connectivity index (χ2v) is 5.63. The monoisotopic (exact) mass is 337 g/mol. The smallest absolute Gasteiger partial charge is 0.404 e. The van der Waals surface area contributed by atoms with E-state index in [0.29, 0.717) is 12.1 Å². The van der Waals surface area contributed by atoms with Crippen molar-refractivity contribution in [2.24, 2.45) is 0 Å². The quantitative estimate of drug-likeness (QED) is 0.356. The second kappa shape index (κ2) is 6.00. The lowest BCUT2D eigenvalue weighted by Crippen LogP contribution is -2.20. The molecule has 1 aromatic rings. The highest BCUT2D eigenvalue weighted by Gasteiger charge is 2.37. The highest BCUT2D eigenvalue weighted by atomic mass is 32.2. The standard InChI is InChI=1S/C8H6F4O6PS/c1-19(13)17-18-20(14,15)7-5(9)3-2-4-6(7)16-8(10,11)12/h2-4H,1H3/q+1. The Kier molecular flexibility index (Phi) is 5.03. The number of hydrogen-bond acceptors (Lipinski definition) is 6. The van der Waals surface area contributed by atoms with Crippen LogP contribution in [0.2, 0.25) is 0 Å². The van der Waals surface area contributed by atoms with E-state index in [2.05, 4.69) is 13.7 Å². The summed E-state index contributed by atoms with van der Waals surface area (Å²) in [6.07, 6.45) is -5.24. The molecule has 1 unspecified atom stereocenters. The van der Waals surface area contributed by atoms with Gasteiger partial charge in [0.15, 0.2) is 17.3 Å². The molecule has 0 heterocycles. The Bertz CT molecular complexity index is 614. The molecule has 0 fully saturated rings. The summed E-state index contributed by atoms with van der Waals surface area (Å²) in [6.45, 7) is 0.916. The van der Waals surface area contributed by atoms with E-state index in [-0.39, 0.29) is 0 Å². The van der Waals surface area contributed by atoms with Gasteiger partial charge in [-0.1, -0.05) is 10.4 Å². The third kappa shape index (κ3) is 4.67. The van der Waals surface area contributed by atoms with Crippen molar-refractivity contribution in [1.82, 2.24) is 0 Å². The van der Waals surface area contributed by atoms with Crippen molar-refractivity contribution < 1.29 is 44.3 Å². The average Bonchev–Trinajstić information content (AvgIpc) is 2.24. The lowest BCUT2D eigenvalue weighted by atomic mass is 10.3. The number of ether oxygens (including phenoxy) is 1. The van der Waals surface area contributed by atoms with E-state index in [1.807, 2.05) is 0 Å². The summed E-state index contributed by atoms with van der Waals surface area (Å²) < 4.78 is 94.2. The SMILES string of the molecule is C[P+](=O)OOS(=O)(=O)c1c(F)cccc1OC(F)(F)F. The van der Waals surface area contributed by atoms with E-state index in [0.717, 1.165) is 12.7 Å². The Morgan fingerprint density at radius 3 is 2.35 bits per heavy atom. The number of halogens is 4. The van der Waals surface area contributed by atoms with E-state index in [1.165, 1.54) is 0 Å². The van der Waals surface area contributed by atoms with Crippen LogP contribution in [0.1, 0.15) is 0 Å². The van der Waals surface area contributed by atoms with Crippen LogP contribution in [0.5, 0.6) is 5.75 Å². The Morgan fingerprint density at radius 2 is 1.85 bits per heavy atom. The first-order valence-electron chi connectivity index (χ1n) is 4.59. The fraction of sp³-hybridized carbons (Fsp3) is 0.250. The van der Waals surface area contributed by atoms with Crippen LogP contribution in [0.15, 0.2) is 23.1 Å². The van der Waals surface area contributed by atoms with Gasteiger partial charge in [0.1, 0.15) is 5.82 Å². The van der Waals surface area contributed by atoms with Crippen LogP contribution < -0.4 is 4.74 Å². The molecule has 1 atom stereocenters. The molecule has 0 bridgehead atoms. The van der Waals surface area contributed by atoms with E-state index in [4.69, 9.17) is 0 Å². The molecule has 0 saturated heterocycles. The molecule has 0 radical (unpaired) electrons. The first kappa shape index (κ1) is 16.8. The number of hydrogen-bond donors (Lipinski definition) is 0. The fourth-order valence-electron chi connectivity index (χ4n) is 1.05. The minimum absolute atomic E-state index is 0.568. The predicted octanol–water partition coefficient (Wildman–Crippen LogP) is 2.73. The van der Waals surface area contributed by atoms with Gasteiger partial charge in [0.05, 0.1) is 0 Å². The molecule has 0 aliphatic carbocycles. The zero-order valence-electron chi connectivity index (χ0n) is 9.55. The van der Waals surface area contributed by atoms with Crippen LogP contribution in [0.3, 0.4) is 0 Å². The highest BCUT2D eigenvalue weighted by molar-refractivity contribution is 7.86. The Hall–Kier alpha value is -1.29. The maximum atomic E-state index is 13.4. The maximum absolute atomic E-state index is 13.4. The Balaban J connectivity index is 3.25. The normalized spacial score (nSPS) is 13.2. The summed E-state index contributed by atoms with van der Waals surface area (Å²) in [5.74, 6) is -2.89. The number of rotatable bonds is 5. The van der Waals surface area contributed by atoms with Crippen LogP contribution >= 0.6 is 8.03 Å². The lowest BCUT2D eigenvalue weighted by Gasteiger charge is -2.12. The average molecular weight is 337 g/mol. The first-order chi connectivity index (χ1) is 9.03. The molecule has 1 rings (SSSR count). The molecule has 6 nitrogen and oxygen atoms in total. The molecule has 12 heteroatoms. The lowest BCUT2D eigenvalue weighted by molar-refractivity contribution is -0.275. The molecular formula is C8H6F4O6PS+. The number of alkyl halides is 3. The molecule has 0 N–H and O–H groups in total. The summed E-state index contributed by atoms with van der Waals surface area (Å²) in [6, 6.07) is 1.95. The van der Waals surface area contributed by atoms with Gasteiger partial charge < -0.3 is 4.74 Å². The summed E-state index contributed by atoms with van der Waals surface area (Å²) >= 11 is 0.